The van der Waals surface area contributed by atoms with Crippen LogP contribution in [0.15, 0.2) is 0 Å². The van der Waals surface area contributed by atoms with Crippen molar-refractivity contribution < 1.29 is 46.6 Å². The minimum absolute atomic E-state index is 0. The quantitative estimate of drug-likeness (QED) is 0.667. The molecule has 0 rings (SSSR count). The van der Waals surface area contributed by atoms with Gasteiger partial charge in [-0.05, 0) is 12.8 Å². The molecular weight excluding hydrogens is 347 g/mol. The molecule has 0 unspecified atom stereocenters. The van der Waals surface area contributed by atoms with Crippen molar-refractivity contribution in [1.82, 2.24) is 0 Å². The van der Waals surface area contributed by atoms with E-state index in [0.29, 0.717) is 13.2 Å². The van der Waals surface area contributed by atoms with Gasteiger partial charge < -0.3 is 20.4 Å². The van der Waals surface area contributed by atoms with Crippen molar-refractivity contribution in [3.63, 3.8) is 0 Å². The average molecular weight is 386 g/mol. The molecule has 0 aromatic heterocycles. The van der Waals surface area contributed by atoms with Crippen LogP contribution in [0, 0.1) is 0 Å². The second kappa shape index (κ2) is 49.8. The van der Waals surface area contributed by atoms with Crippen LogP contribution in [0.3, 0.4) is 0 Å². The smallest absolute Gasteiger partial charge is 0.854 e. The summed E-state index contributed by atoms with van der Waals surface area (Å²) in [6, 6.07) is 0. The summed E-state index contributed by atoms with van der Waals surface area (Å²) < 4.78 is 0. The van der Waals surface area contributed by atoms with E-state index in [1.165, 1.54) is 0 Å². The third-order valence-electron chi connectivity index (χ3n) is 2.02. The Labute approximate surface area is 152 Å². The maximum Gasteiger partial charge on any atom is 2.00 e. The van der Waals surface area contributed by atoms with Crippen LogP contribution in [-0.2, 0) is 26.2 Å². The molecule has 0 fully saturated rings. The van der Waals surface area contributed by atoms with E-state index in [4.69, 9.17) is 10.2 Å². The zero-order valence-corrected chi connectivity index (χ0v) is 17.2. The van der Waals surface area contributed by atoms with Crippen LogP contribution in [0.25, 0.3) is 0 Å². The SMILES string of the molecule is CCCCO.CCCCO.CCCC[O-].CCCC[O-].[Zr+2]. The van der Waals surface area contributed by atoms with E-state index < -0.39 is 0 Å². The molecule has 0 aromatic carbocycles. The maximum atomic E-state index is 9.53. The minimum Gasteiger partial charge on any atom is -0.854 e. The van der Waals surface area contributed by atoms with Crippen molar-refractivity contribution in [1.29, 1.82) is 0 Å². The summed E-state index contributed by atoms with van der Waals surface area (Å²) in [7, 11) is 0. The Morgan fingerprint density at radius 3 is 0.810 bits per heavy atom. The van der Waals surface area contributed by atoms with Crippen molar-refractivity contribution in [2.45, 2.75) is 79.1 Å². The topological polar surface area (TPSA) is 86.6 Å². The summed E-state index contributed by atoms with van der Waals surface area (Å²) in [5.74, 6) is 0. The zero-order chi connectivity index (χ0) is 16.5. The van der Waals surface area contributed by atoms with Gasteiger partial charge in [-0.2, -0.15) is 0 Å². The molecule has 0 atom stereocenters. The Morgan fingerprint density at radius 2 is 0.810 bits per heavy atom. The van der Waals surface area contributed by atoms with E-state index >= 15 is 0 Å². The molecule has 0 spiro atoms. The molecule has 21 heavy (non-hydrogen) atoms. The molecule has 0 aliphatic carbocycles. The fraction of sp³-hybridized carbons (Fsp3) is 1.00. The molecule has 0 aliphatic heterocycles. The van der Waals surface area contributed by atoms with Crippen molar-refractivity contribution in [2.24, 2.45) is 0 Å². The monoisotopic (exact) mass is 384 g/mol. The Kier molecular flexibility index (Phi) is 79.1. The summed E-state index contributed by atoms with van der Waals surface area (Å²) in [5, 5.41) is 35.2. The van der Waals surface area contributed by atoms with Gasteiger partial charge >= 0.3 is 26.2 Å². The summed E-state index contributed by atoms with van der Waals surface area (Å²) in [6.45, 7) is 9.00. The predicted octanol–water partition coefficient (Wildman–Crippen LogP) is 1.85. The number of aliphatic hydroxyl groups excluding tert-OH is 2. The van der Waals surface area contributed by atoms with Crippen molar-refractivity contribution >= 4 is 0 Å². The van der Waals surface area contributed by atoms with Gasteiger partial charge in [-0.1, -0.05) is 66.2 Å². The van der Waals surface area contributed by atoms with Gasteiger partial charge in [-0.15, -0.1) is 13.2 Å². The van der Waals surface area contributed by atoms with Gasteiger partial charge in [-0.25, -0.2) is 0 Å². The third kappa shape index (κ3) is 95.5. The Balaban J connectivity index is -0.0000000533. The standard InChI is InChI=1S/2C4H10O.2C4H9O.Zr/c4*1-2-3-4-5;/h2*5H,2-4H2,1H3;2*2-4H2,1H3;/q;;2*-1;+2. The first-order valence-electron chi connectivity index (χ1n) is 8.04. The van der Waals surface area contributed by atoms with Gasteiger partial charge in [-0.3, -0.25) is 0 Å². The Morgan fingerprint density at radius 1 is 0.571 bits per heavy atom. The summed E-state index contributed by atoms with van der Waals surface area (Å²) in [5.41, 5.74) is 0. The van der Waals surface area contributed by atoms with Crippen LogP contribution >= 0.6 is 0 Å². The second-order valence-electron chi connectivity index (χ2n) is 4.27. The van der Waals surface area contributed by atoms with Gasteiger partial charge in [0.25, 0.3) is 0 Å². The fourth-order valence-corrected chi connectivity index (χ4v) is 0.605. The van der Waals surface area contributed by atoms with Crippen molar-refractivity contribution in [2.75, 3.05) is 26.4 Å². The Hall–Kier alpha value is 0.723. The molecule has 0 saturated heterocycles. The normalized spacial score (nSPS) is 8.00. The molecule has 2 N–H and O–H groups in total. The molecule has 0 bridgehead atoms. The van der Waals surface area contributed by atoms with Crippen LogP contribution in [0.4, 0.5) is 0 Å². The molecule has 4 nitrogen and oxygen atoms in total. The van der Waals surface area contributed by atoms with Gasteiger partial charge in [0, 0.05) is 13.2 Å². The first kappa shape index (κ1) is 33.4. The third-order valence-corrected chi connectivity index (χ3v) is 2.02. The van der Waals surface area contributed by atoms with Gasteiger partial charge in [0.05, 0.1) is 0 Å². The summed E-state index contributed by atoms with van der Waals surface area (Å²) >= 11 is 0. The van der Waals surface area contributed by atoms with Crippen molar-refractivity contribution in [3.8, 4) is 0 Å². The van der Waals surface area contributed by atoms with Crippen LogP contribution in [-0.4, -0.2) is 36.6 Å². The molecule has 0 amide bonds. The van der Waals surface area contributed by atoms with E-state index in [-0.39, 0.29) is 39.4 Å². The first-order chi connectivity index (χ1) is 9.66. The number of rotatable bonds is 8. The van der Waals surface area contributed by atoms with E-state index in [1.54, 1.807) is 0 Å². The summed E-state index contributed by atoms with van der Waals surface area (Å²) in [6.07, 6.45) is 7.81. The van der Waals surface area contributed by atoms with Crippen LogP contribution in [0.5, 0.6) is 0 Å². The number of aliphatic hydroxyl groups is 2. The molecule has 0 aliphatic rings. The largest absolute Gasteiger partial charge is 2.00 e. The number of hydrogen-bond donors (Lipinski definition) is 2. The zero-order valence-electron chi connectivity index (χ0n) is 14.7. The molecule has 130 valence electrons. The van der Waals surface area contributed by atoms with E-state index in [9.17, 15) is 10.2 Å². The number of hydrogen-bond acceptors (Lipinski definition) is 4. The second-order valence-corrected chi connectivity index (χ2v) is 4.27. The van der Waals surface area contributed by atoms with Gasteiger partial charge in [0.1, 0.15) is 0 Å². The Bertz CT molecular complexity index is 74.3. The fourth-order valence-electron chi connectivity index (χ4n) is 0.605. The molecule has 5 heteroatoms. The average Bonchev–Trinajstić information content (AvgIpc) is 2.44. The van der Waals surface area contributed by atoms with E-state index in [2.05, 4.69) is 13.8 Å². The summed E-state index contributed by atoms with van der Waals surface area (Å²) in [4.78, 5) is 0. The van der Waals surface area contributed by atoms with Gasteiger partial charge in [0.15, 0.2) is 0 Å². The minimum atomic E-state index is 0. The van der Waals surface area contributed by atoms with Gasteiger partial charge in [0.2, 0.25) is 0 Å². The van der Waals surface area contributed by atoms with Crippen LogP contribution < -0.4 is 10.2 Å². The van der Waals surface area contributed by atoms with Crippen molar-refractivity contribution in [3.05, 3.63) is 0 Å². The predicted molar refractivity (Wildman–Crippen MR) is 83.5 cm³/mol. The van der Waals surface area contributed by atoms with Crippen LogP contribution in [0.2, 0.25) is 0 Å². The number of unbranched alkanes of at least 4 members (excludes halogenated alkanes) is 4. The maximum absolute atomic E-state index is 9.53. The first-order valence-corrected chi connectivity index (χ1v) is 8.04. The van der Waals surface area contributed by atoms with Crippen LogP contribution in [0.1, 0.15) is 79.1 Å². The van der Waals surface area contributed by atoms with E-state index in [0.717, 1.165) is 51.4 Å². The molecule has 0 radical (unpaired) electrons. The molecule has 0 saturated carbocycles. The van der Waals surface area contributed by atoms with E-state index in [1.807, 2.05) is 13.8 Å². The molecule has 0 heterocycles. The molecular formula is C16H38O4Zr. The molecule has 0 aromatic rings.